The minimum atomic E-state index is 0.444. The van der Waals surface area contributed by atoms with Gasteiger partial charge in [0.25, 0.3) is 0 Å². The Hall–Kier alpha value is -0.540. The predicted molar refractivity (Wildman–Crippen MR) is 74.0 cm³/mol. The molecule has 0 amide bonds. The molecular weight excluding hydrogens is 246 g/mol. The van der Waals surface area contributed by atoms with E-state index in [4.69, 9.17) is 11.6 Å². The van der Waals surface area contributed by atoms with E-state index < -0.39 is 0 Å². The average molecular weight is 268 g/mol. The zero-order valence-electron chi connectivity index (χ0n) is 11.3. The summed E-state index contributed by atoms with van der Waals surface area (Å²) in [5, 5.41) is 8.94. The molecule has 1 aromatic rings. The van der Waals surface area contributed by atoms with Crippen molar-refractivity contribution in [3.63, 3.8) is 0 Å². The second kappa shape index (κ2) is 4.53. The molecule has 4 heteroatoms. The molecule has 0 radical (unpaired) electrons. The number of rotatable bonds is 5. The highest BCUT2D eigenvalue weighted by atomic mass is 35.5. The molecule has 1 N–H and O–H groups in total. The third-order valence-electron chi connectivity index (χ3n) is 4.58. The quantitative estimate of drug-likeness (QED) is 0.889. The van der Waals surface area contributed by atoms with E-state index in [9.17, 15) is 0 Å². The second-order valence-electron chi connectivity index (χ2n) is 6.16. The van der Waals surface area contributed by atoms with Gasteiger partial charge in [-0.25, -0.2) is 0 Å². The van der Waals surface area contributed by atoms with Crippen molar-refractivity contribution in [1.29, 1.82) is 0 Å². The van der Waals surface area contributed by atoms with Gasteiger partial charge in [-0.05, 0) is 44.4 Å². The van der Waals surface area contributed by atoms with Gasteiger partial charge < -0.3 is 5.32 Å². The zero-order valence-corrected chi connectivity index (χ0v) is 12.1. The van der Waals surface area contributed by atoms with E-state index in [2.05, 4.69) is 17.3 Å². The average Bonchev–Trinajstić information content (AvgIpc) is 3.06. The number of nitrogens with zero attached hydrogens (tertiary/aromatic N) is 2. The van der Waals surface area contributed by atoms with E-state index in [0.29, 0.717) is 5.41 Å². The van der Waals surface area contributed by atoms with Crippen LogP contribution in [0.4, 0.5) is 0 Å². The molecule has 2 aliphatic rings. The summed E-state index contributed by atoms with van der Waals surface area (Å²) in [6.07, 6.45) is 7.84. The Morgan fingerprint density at radius 3 is 2.61 bits per heavy atom. The van der Waals surface area contributed by atoms with E-state index in [1.807, 2.05) is 7.05 Å². The van der Waals surface area contributed by atoms with Crippen molar-refractivity contribution < 1.29 is 0 Å². The lowest BCUT2D eigenvalue weighted by molar-refractivity contribution is 0.129. The van der Waals surface area contributed by atoms with Crippen molar-refractivity contribution in [2.24, 2.45) is 12.5 Å². The monoisotopic (exact) mass is 267 g/mol. The first kappa shape index (κ1) is 12.5. The van der Waals surface area contributed by atoms with Gasteiger partial charge >= 0.3 is 0 Å². The van der Waals surface area contributed by atoms with Crippen LogP contribution in [0.3, 0.4) is 0 Å². The zero-order chi connectivity index (χ0) is 12.8. The molecule has 18 heavy (non-hydrogen) atoms. The van der Waals surface area contributed by atoms with E-state index in [1.54, 1.807) is 4.68 Å². The van der Waals surface area contributed by atoms with Crippen molar-refractivity contribution in [3.05, 3.63) is 16.4 Å². The van der Waals surface area contributed by atoms with Crippen molar-refractivity contribution in [3.8, 4) is 0 Å². The standard InChI is InChI=1S/C14H22ClN3/c1-10-12(13(15)18(2)17-10)8-14(6-3-7-14)9-16-11-4-5-11/h11,16H,3-9H2,1-2H3. The molecule has 1 heterocycles. The van der Waals surface area contributed by atoms with Crippen LogP contribution in [0.15, 0.2) is 0 Å². The van der Waals surface area contributed by atoms with Crippen LogP contribution in [-0.2, 0) is 13.5 Å². The van der Waals surface area contributed by atoms with E-state index in [-0.39, 0.29) is 0 Å². The van der Waals surface area contributed by atoms with E-state index in [0.717, 1.165) is 29.9 Å². The van der Waals surface area contributed by atoms with Crippen LogP contribution in [0.25, 0.3) is 0 Å². The van der Waals surface area contributed by atoms with Gasteiger partial charge in [0.1, 0.15) is 5.15 Å². The van der Waals surface area contributed by atoms with Crippen molar-refractivity contribution in [1.82, 2.24) is 15.1 Å². The van der Waals surface area contributed by atoms with Gasteiger partial charge in [0.05, 0.1) is 5.69 Å². The molecule has 0 aliphatic heterocycles. The summed E-state index contributed by atoms with van der Waals surface area (Å²) in [7, 11) is 1.93. The molecule has 2 fully saturated rings. The Morgan fingerprint density at radius 1 is 1.44 bits per heavy atom. The third kappa shape index (κ3) is 2.30. The molecule has 100 valence electrons. The van der Waals surface area contributed by atoms with Gasteiger partial charge in [0.2, 0.25) is 0 Å². The normalized spacial score (nSPS) is 21.9. The fraction of sp³-hybridized carbons (Fsp3) is 0.786. The Balaban J connectivity index is 1.71. The minimum absolute atomic E-state index is 0.444. The smallest absolute Gasteiger partial charge is 0.130 e. The molecule has 1 aromatic heterocycles. The lowest BCUT2D eigenvalue weighted by Gasteiger charge is -2.42. The molecule has 0 aromatic carbocycles. The maximum absolute atomic E-state index is 6.36. The fourth-order valence-corrected chi connectivity index (χ4v) is 3.23. The van der Waals surface area contributed by atoms with Gasteiger partial charge in [0.15, 0.2) is 0 Å². The first-order chi connectivity index (χ1) is 8.60. The van der Waals surface area contributed by atoms with Crippen LogP contribution >= 0.6 is 11.6 Å². The van der Waals surface area contributed by atoms with Gasteiger partial charge in [-0.3, -0.25) is 4.68 Å². The van der Waals surface area contributed by atoms with Crippen molar-refractivity contribution >= 4 is 11.6 Å². The Bertz CT molecular complexity index is 444. The van der Waals surface area contributed by atoms with E-state index in [1.165, 1.54) is 37.7 Å². The molecule has 3 rings (SSSR count). The molecule has 0 saturated heterocycles. The topological polar surface area (TPSA) is 29.9 Å². The SMILES string of the molecule is Cc1nn(C)c(Cl)c1CC1(CNC2CC2)CCC1. The summed E-state index contributed by atoms with van der Waals surface area (Å²) >= 11 is 6.36. The maximum atomic E-state index is 6.36. The van der Waals surface area contributed by atoms with Gasteiger partial charge in [-0.1, -0.05) is 18.0 Å². The number of hydrogen-bond acceptors (Lipinski definition) is 2. The second-order valence-corrected chi connectivity index (χ2v) is 6.52. The summed E-state index contributed by atoms with van der Waals surface area (Å²) in [6, 6.07) is 0.799. The molecule has 2 saturated carbocycles. The summed E-state index contributed by atoms with van der Waals surface area (Å²) in [6.45, 7) is 3.23. The van der Waals surface area contributed by atoms with Crippen LogP contribution < -0.4 is 5.32 Å². The van der Waals surface area contributed by atoms with Crippen LogP contribution in [0.5, 0.6) is 0 Å². The summed E-state index contributed by atoms with van der Waals surface area (Å²) in [4.78, 5) is 0. The predicted octanol–water partition coefficient (Wildman–Crippen LogP) is 2.85. The van der Waals surface area contributed by atoms with Gasteiger partial charge in [-0.2, -0.15) is 5.10 Å². The molecule has 0 atom stereocenters. The summed E-state index contributed by atoms with van der Waals surface area (Å²) < 4.78 is 1.80. The molecular formula is C14H22ClN3. The number of aryl methyl sites for hydroxylation is 2. The third-order valence-corrected chi connectivity index (χ3v) is 5.05. The summed E-state index contributed by atoms with van der Waals surface area (Å²) in [5.74, 6) is 0. The first-order valence-electron chi connectivity index (χ1n) is 7.01. The maximum Gasteiger partial charge on any atom is 0.130 e. The number of nitrogens with one attached hydrogen (secondary N) is 1. The Kier molecular flexibility index (Phi) is 3.15. The highest BCUT2D eigenvalue weighted by molar-refractivity contribution is 6.30. The van der Waals surface area contributed by atoms with Gasteiger partial charge in [-0.15, -0.1) is 0 Å². The number of aromatic nitrogens is 2. The number of hydrogen-bond donors (Lipinski definition) is 1. The lowest BCUT2D eigenvalue weighted by Crippen LogP contribution is -2.42. The largest absolute Gasteiger partial charge is 0.313 e. The Labute approximate surface area is 114 Å². The number of halogens is 1. The fourth-order valence-electron chi connectivity index (χ4n) is 2.99. The van der Waals surface area contributed by atoms with Crippen LogP contribution in [-0.4, -0.2) is 22.4 Å². The lowest BCUT2D eigenvalue weighted by atomic mass is 9.65. The van der Waals surface area contributed by atoms with Crippen molar-refractivity contribution in [2.75, 3.05) is 6.54 Å². The van der Waals surface area contributed by atoms with Crippen molar-refractivity contribution in [2.45, 2.75) is 51.5 Å². The van der Waals surface area contributed by atoms with Crippen LogP contribution in [0.2, 0.25) is 5.15 Å². The first-order valence-corrected chi connectivity index (χ1v) is 7.39. The summed E-state index contributed by atoms with van der Waals surface area (Å²) in [5.41, 5.74) is 2.80. The van der Waals surface area contributed by atoms with Crippen LogP contribution in [0.1, 0.15) is 43.4 Å². The highest BCUT2D eigenvalue weighted by Crippen LogP contribution is 2.45. The Morgan fingerprint density at radius 2 is 2.17 bits per heavy atom. The van der Waals surface area contributed by atoms with E-state index >= 15 is 0 Å². The van der Waals surface area contributed by atoms with Crippen LogP contribution in [0, 0.1) is 12.3 Å². The molecule has 3 nitrogen and oxygen atoms in total. The minimum Gasteiger partial charge on any atom is -0.313 e. The highest BCUT2D eigenvalue weighted by Gasteiger charge is 2.39. The van der Waals surface area contributed by atoms with Gasteiger partial charge in [0, 0.05) is 25.2 Å². The molecule has 0 spiro atoms. The molecule has 0 unspecified atom stereocenters. The molecule has 0 bridgehead atoms. The molecule has 2 aliphatic carbocycles.